The third-order valence-electron chi connectivity index (χ3n) is 5.11. The molecule has 1 aliphatic carbocycles. The van der Waals surface area contributed by atoms with Crippen LogP contribution in [0.25, 0.3) is 11.1 Å². The summed E-state index contributed by atoms with van der Waals surface area (Å²) < 4.78 is 0. The lowest BCUT2D eigenvalue weighted by Gasteiger charge is -2.40. The fourth-order valence-electron chi connectivity index (χ4n) is 4.37. The summed E-state index contributed by atoms with van der Waals surface area (Å²) in [5, 5.41) is 0. The first-order valence-electron chi connectivity index (χ1n) is 7.70. The van der Waals surface area contributed by atoms with Crippen molar-refractivity contribution in [3.8, 4) is 11.1 Å². The van der Waals surface area contributed by atoms with E-state index in [0.717, 1.165) is 0 Å². The van der Waals surface area contributed by atoms with Crippen LogP contribution in [0.3, 0.4) is 0 Å². The Kier molecular flexibility index (Phi) is 5.76. The van der Waals surface area contributed by atoms with Crippen LogP contribution in [0, 0.1) is 18.8 Å². The molecule has 120 valence electrons. The minimum absolute atomic E-state index is 0. The second kappa shape index (κ2) is 6.64. The van der Waals surface area contributed by atoms with E-state index in [2.05, 4.69) is 77.1 Å². The van der Waals surface area contributed by atoms with Gasteiger partial charge in [-0.2, -0.15) is 0 Å². The number of hydrogen-bond acceptors (Lipinski definition) is 0. The molecule has 22 heavy (non-hydrogen) atoms. The molecule has 0 fully saturated rings. The predicted molar refractivity (Wildman–Crippen MR) is 102 cm³/mol. The lowest BCUT2D eigenvalue weighted by molar-refractivity contribution is 0.280. The Morgan fingerprint density at radius 1 is 0.727 bits per heavy atom. The minimum atomic E-state index is 0. The lowest BCUT2D eigenvalue weighted by atomic mass is 9.63. The van der Waals surface area contributed by atoms with Crippen molar-refractivity contribution in [3.05, 3.63) is 59.2 Å². The quantitative estimate of drug-likeness (QED) is 0.593. The van der Waals surface area contributed by atoms with Crippen molar-refractivity contribution in [1.82, 2.24) is 0 Å². The molecule has 0 unspecified atom stereocenters. The summed E-state index contributed by atoms with van der Waals surface area (Å²) in [6.07, 6.45) is 0. The number of halogens is 2. The van der Waals surface area contributed by atoms with Crippen LogP contribution in [0.1, 0.15) is 44.4 Å². The first-order chi connectivity index (χ1) is 9.49. The van der Waals surface area contributed by atoms with E-state index in [1.54, 1.807) is 0 Å². The maximum Gasteiger partial charge on any atom is 0.0261 e. The van der Waals surface area contributed by atoms with Crippen LogP contribution >= 0.6 is 24.8 Å². The maximum absolute atomic E-state index is 2.41. The first-order valence-corrected chi connectivity index (χ1v) is 7.70. The van der Waals surface area contributed by atoms with Crippen molar-refractivity contribution in [3.63, 3.8) is 0 Å². The van der Waals surface area contributed by atoms with E-state index >= 15 is 0 Å². The molecule has 1 aliphatic rings. The highest BCUT2D eigenvalue weighted by Gasteiger charge is 2.47. The van der Waals surface area contributed by atoms with Crippen molar-refractivity contribution >= 4 is 24.8 Å². The van der Waals surface area contributed by atoms with E-state index in [-0.39, 0.29) is 30.2 Å². The fraction of sp³-hybridized carbons (Fsp3) is 0.400. The zero-order valence-electron chi connectivity index (χ0n) is 14.0. The number of benzene rings is 2. The molecule has 0 nitrogen and oxygen atoms in total. The van der Waals surface area contributed by atoms with Gasteiger partial charge in [-0.25, -0.2) is 0 Å². The second-order valence-electron chi connectivity index (χ2n) is 6.77. The summed E-state index contributed by atoms with van der Waals surface area (Å²) in [6.45, 7) is 11.7. The molecule has 0 heterocycles. The van der Waals surface area contributed by atoms with Gasteiger partial charge >= 0.3 is 0 Å². The third kappa shape index (κ3) is 2.37. The van der Waals surface area contributed by atoms with Gasteiger partial charge in [0.05, 0.1) is 0 Å². The molecule has 2 heteroatoms. The third-order valence-corrected chi connectivity index (χ3v) is 5.11. The molecule has 0 saturated heterocycles. The molecule has 0 aliphatic heterocycles. The smallest absolute Gasteiger partial charge is 0.0261 e. The van der Waals surface area contributed by atoms with Crippen LogP contribution in [0.5, 0.6) is 0 Å². The number of fused-ring (bicyclic) bond motifs is 3. The van der Waals surface area contributed by atoms with Crippen LogP contribution in [0.15, 0.2) is 42.5 Å². The van der Waals surface area contributed by atoms with E-state index in [1.165, 1.54) is 27.8 Å². The van der Waals surface area contributed by atoms with Crippen molar-refractivity contribution < 1.29 is 0 Å². The van der Waals surface area contributed by atoms with Gasteiger partial charge in [0.25, 0.3) is 0 Å². The Labute approximate surface area is 147 Å². The molecule has 0 spiro atoms. The minimum Gasteiger partial charge on any atom is -0.147 e. The average Bonchev–Trinajstić information content (AvgIpc) is 2.69. The fourth-order valence-corrected chi connectivity index (χ4v) is 4.37. The van der Waals surface area contributed by atoms with E-state index in [0.29, 0.717) is 11.8 Å². The molecule has 2 aromatic carbocycles. The molecule has 0 N–H and O–H groups in total. The molecular formula is C20H26Cl2. The number of rotatable bonds is 2. The summed E-state index contributed by atoms with van der Waals surface area (Å²) in [6, 6.07) is 16.0. The molecule has 0 saturated carbocycles. The molecule has 0 atom stereocenters. The average molecular weight is 337 g/mol. The summed E-state index contributed by atoms with van der Waals surface area (Å²) in [4.78, 5) is 0. The van der Waals surface area contributed by atoms with Crippen molar-refractivity contribution in [1.29, 1.82) is 0 Å². The topological polar surface area (TPSA) is 0 Å². The Morgan fingerprint density at radius 2 is 1.27 bits per heavy atom. The van der Waals surface area contributed by atoms with Crippen molar-refractivity contribution in [2.75, 3.05) is 0 Å². The summed E-state index contributed by atoms with van der Waals surface area (Å²) in [5.41, 5.74) is 7.44. The van der Waals surface area contributed by atoms with Gasteiger partial charge in [-0.3, -0.25) is 0 Å². The summed E-state index contributed by atoms with van der Waals surface area (Å²) >= 11 is 0. The summed E-state index contributed by atoms with van der Waals surface area (Å²) in [5.74, 6) is 1.18. The van der Waals surface area contributed by atoms with E-state index in [1.807, 2.05) is 0 Å². The largest absolute Gasteiger partial charge is 0.147 e. The lowest BCUT2D eigenvalue weighted by Crippen LogP contribution is -2.37. The van der Waals surface area contributed by atoms with Gasteiger partial charge in [0.1, 0.15) is 0 Å². The molecule has 3 rings (SSSR count). The van der Waals surface area contributed by atoms with E-state index in [4.69, 9.17) is 0 Å². The van der Waals surface area contributed by atoms with E-state index in [9.17, 15) is 0 Å². The molecule has 0 amide bonds. The SMILES string of the molecule is Cc1ccc2c(c1)C(C(C)C)(C(C)C)c1ccccc1-2.Cl.Cl. The number of aryl methyl sites for hydroxylation is 1. The summed E-state index contributed by atoms with van der Waals surface area (Å²) in [7, 11) is 0. The Morgan fingerprint density at radius 3 is 1.86 bits per heavy atom. The van der Waals surface area contributed by atoms with Crippen LogP contribution in [-0.2, 0) is 5.41 Å². The highest BCUT2D eigenvalue weighted by atomic mass is 35.5. The van der Waals surface area contributed by atoms with Gasteiger partial charge in [0, 0.05) is 5.41 Å². The zero-order valence-corrected chi connectivity index (χ0v) is 15.6. The van der Waals surface area contributed by atoms with E-state index < -0.39 is 0 Å². The van der Waals surface area contributed by atoms with Gasteiger partial charge in [-0.1, -0.05) is 75.7 Å². The molecular weight excluding hydrogens is 311 g/mol. The number of hydrogen-bond donors (Lipinski definition) is 0. The maximum atomic E-state index is 2.41. The van der Waals surface area contributed by atoms with Crippen LogP contribution in [0.2, 0.25) is 0 Å². The zero-order chi connectivity index (χ0) is 14.5. The highest BCUT2D eigenvalue weighted by molar-refractivity contribution is 5.85. The first kappa shape index (κ1) is 19.1. The van der Waals surface area contributed by atoms with Crippen molar-refractivity contribution in [2.24, 2.45) is 11.8 Å². The molecule has 0 radical (unpaired) electrons. The monoisotopic (exact) mass is 336 g/mol. The standard InChI is InChI=1S/C20H24.2ClH/c1-13(2)20(14(3)4)18-9-7-6-8-16(18)17-11-10-15(5)12-19(17)20;;/h6-14H,1-5H3;2*1H. The highest BCUT2D eigenvalue weighted by Crippen LogP contribution is 2.56. The normalized spacial score (nSPS) is 14.1. The predicted octanol–water partition coefficient (Wildman–Crippen LogP) is 6.42. The Bertz CT molecular complexity index is 649. The molecule has 0 bridgehead atoms. The molecule has 0 aromatic heterocycles. The van der Waals surface area contributed by atoms with Gasteiger partial charge in [-0.15, -0.1) is 24.8 Å². The van der Waals surface area contributed by atoms with Gasteiger partial charge in [-0.05, 0) is 41.0 Å². The van der Waals surface area contributed by atoms with Gasteiger partial charge in [0.15, 0.2) is 0 Å². The van der Waals surface area contributed by atoms with Gasteiger partial charge in [0.2, 0.25) is 0 Å². The van der Waals surface area contributed by atoms with Crippen molar-refractivity contribution in [2.45, 2.75) is 40.0 Å². The van der Waals surface area contributed by atoms with Crippen LogP contribution < -0.4 is 0 Å². The van der Waals surface area contributed by atoms with Gasteiger partial charge < -0.3 is 0 Å². The molecule has 2 aromatic rings. The Hall–Kier alpha value is -0.980. The second-order valence-corrected chi connectivity index (χ2v) is 6.77. The van der Waals surface area contributed by atoms with Crippen LogP contribution in [-0.4, -0.2) is 0 Å². The van der Waals surface area contributed by atoms with Crippen LogP contribution in [0.4, 0.5) is 0 Å². The Balaban J connectivity index is 0.00000121.